The van der Waals surface area contributed by atoms with Crippen molar-refractivity contribution >= 4 is 11.9 Å². The van der Waals surface area contributed by atoms with Crippen LogP contribution in [-0.4, -0.2) is 35.2 Å². The van der Waals surface area contributed by atoms with E-state index >= 15 is 0 Å². The van der Waals surface area contributed by atoms with E-state index in [1.54, 1.807) is 7.11 Å². The third kappa shape index (κ3) is 2.49. The topological polar surface area (TPSA) is 77.2 Å². The fourth-order valence-corrected chi connectivity index (χ4v) is 2.33. The molecule has 0 unspecified atom stereocenters. The molecule has 6 heteroatoms. The molecule has 1 aromatic heterocycles. The van der Waals surface area contributed by atoms with E-state index < -0.39 is 0 Å². The third-order valence-electron chi connectivity index (χ3n) is 3.36. The minimum Gasteiger partial charge on any atom is -0.497 e. The van der Waals surface area contributed by atoms with Gasteiger partial charge in [-0.2, -0.15) is 15.0 Å². The first-order chi connectivity index (χ1) is 9.76. The monoisotopic (exact) mass is 271 g/mol. The molecular weight excluding hydrogens is 254 g/mol. The Hall–Kier alpha value is -2.37. The summed E-state index contributed by atoms with van der Waals surface area (Å²) in [6.45, 7) is 1.95. The maximum absolute atomic E-state index is 5.81. The second-order valence-electron chi connectivity index (χ2n) is 4.74. The Labute approximate surface area is 117 Å². The van der Waals surface area contributed by atoms with Gasteiger partial charge in [0.15, 0.2) is 5.82 Å². The molecule has 0 aliphatic carbocycles. The second-order valence-corrected chi connectivity index (χ2v) is 4.74. The van der Waals surface area contributed by atoms with Crippen molar-refractivity contribution in [1.29, 1.82) is 0 Å². The van der Waals surface area contributed by atoms with Crippen LogP contribution in [0.5, 0.6) is 5.75 Å². The number of benzene rings is 1. The van der Waals surface area contributed by atoms with E-state index in [-0.39, 0.29) is 5.95 Å². The first-order valence-corrected chi connectivity index (χ1v) is 6.67. The largest absolute Gasteiger partial charge is 0.497 e. The molecule has 0 spiro atoms. The van der Waals surface area contributed by atoms with Crippen LogP contribution in [0.15, 0.2) is 24.3 Å². The Morgan fingerprint density at radius 3 is 2.70 bits per heavy atom. The summed E-state index contributed by atoms with van der Waals surface area (Å²) in [5.41, 5.74) is 6.69. The van der Waals surface area contributed by atoms with Crippen LogP contribution in [0, 0.1) is 0 Å². The number of nitrogen functional groups attached to an aromatic ring is 1. The van der Waals surface area contributed by atoms with Crippen molar-refractivity contribution in [2.45, 2.75) is 12.8 Å². The van der Waals surface area contributed by atoms with Gasteiger partial charge in [0.2, 0.25) is 11.9 Å². The Morgan fingerprint density at radius 2 is 1.95 bits per heavy atom. The molecule has 3 rings (SSSR count). The lowest BCUT2D eigenvalue weighted by Gasteiger charge is -2.15. The highest BCUT2D eigenvalue weighted by Gasteiger charge is 2.17. The number of nitrogens with zero attached hydrogens (tertiary/aromatic N) is 4. The van der Waals surface area contributed by atoms with Crippen LogP contribution in [0.1, 0.15) is 12.8 Å². The molecule has 1 saturated heterocycles. The summed E-state index contributed by atoms with van der Waals surface area (Å²) < 4.78 is 5.22. The lowest BCUT2D eigenvalue weighted by atomic mass is 10.2. The zero-order valence-corrected chi connectivity index (χ0v) is 11.4. The van der Waals surface area contributed by atoms with Gasteiger partial charge in [0, 0.05) is 18.7 Å². The molecule has 6 nitrogen and oxygen atoms in total. The molecule has 20 heavy (non-hydrogen) atoms. The molecule has 1 aliphatic rings. The zero-order chi connectivity index (χ0) is 13.9. The van der Waals surface area contributed by atoms with Gasteiger partial charge in [-0.1, -0.05) is 12.1 Å². The number of anilines is 2. The van der Waals surface area contributed by atoms with Gasteiger partial charge in [-0.3, -0.25) is 0 Å². The van der Waals surface area contributed by atoms with Crippen molar-refractivity contribution in [3.05, 3.63) is 24.3 Å². The standard InChI is InChI=1S/C14H17N5O/c1-20-11-6-4-5-10(9-11)12-16-13(15)18-14(17-12)19-7-2-3-8-19/h4-6,9H,2-3,7-8H2,1H3,(H2,15,16,17,18). The SMILES string of the molecule is COc1cccc(-c2nc(N)nc(N3CCCC3)n2)c1. The smallest absolute Gasteiger partial charge is 0.230 e. The van der Waals surface area contributed by atoms with Gasteiger partial charge in [-0.25, -0.2) is 0 Å². The van der Waals surface area contributed by atoms with Gasteiger partial charge in [-0.15, -0.1) is 0 Å². The van der Waals surface area contributed by atoms with E-state index in [0.29, 0.717) is 11.8 Å². The minimum absolute atomic E-state index is 0.250. The first-order valence-electron chi connectivity index (χ1n) is 6.67. The normalized spacial score (nSPS) is 14.6. The number of hydrogen-bond donors (Lipinski definition) is 1. The van der Waals surface area contributed by atoms with Crippen molar-refractivity contribution in [3.63, 3.8) is 0 Å². The van der Waals surface area contributed by atoms with Crippen LogP contribution < -0.4 is 15.4 Å². The molecule has 104 valence electrons. The summed E-state index contributed by atoms with van der Waals surface area (Å²) >= 11 is 0. The minimum atomic E-state index is 0.250. The summed E-state index contributed by atoms with van der Waals surface area (Å²) in [7, 11) is 1.64. The Bertz CT molecular complexity index is 610. The highest BCUT2D eigenvalue weighted by atomic mass is 16.5. The first kappa shape index (κ1) is 12.7. The average Bonchev–Trinajstić information content (AvgIpc) is 3.01. The van der Waals surface area contributed by atoms with Gasteiger partial charge in [-0.05, 0) is 25.0 Å². The Morgan fingerprint density at radius 1 is 1.15 bits per heavy atom. The van der Waals surface area contributed by atoms with Crippen molar-refractivity contribution in [1.82, 2.24) is 15.0 Å². The van der Waals surface area contributed by atoms with E-state index in [4.69, 9.17) is 10.5 Å². The summed E-state index contributed by atoms with van der Waals surface area (Å²) in [5, 5.41) is 0. The van der Waals surface area contributed by atoms with Crippen molar-refractivity contribution in [2.75, 3.05) is 30.8 Å². The molecule has 0 bridgehead atoms. The lowest BCUT2D eigenvalue weighted by Crippen LogP contribution is -2.21. The molecule has 1 fully saturated rings. The van der Waals surface area contributed by atoms with Crippen molar-refractivity contribution in [3.8, 4) is 17.1 Å². The van der Waals surface area contributed by atoms with Gasteiger partial charge in [0.05, 0.1) is 7.11 Å². The highest BCUT2D eigenvalue weighted by Crippen LogP contribution is 2.24. The van der Waals surface area contributed by atoms with Crippen LogP contribution in [0.4, 0.5) is 11.9 Å². The molecule has 0 atom stereocenters. The Kier molecular flexibility index (Phi) is 3.37. The van der Waals surface area contributed by atoms with Crippen LogP contribution in [0.25, 0.3) is 11.4 Å². The molecule has 1 aliphatic heterocycles. The van der Waals surface area contributed by atoms with Crippen LogP contribution in [0.3, 0.4) is 0 Å². The quantitative estimate of drug-likeness (QED) is 0.916. The maximum Gasteiger partial charge on any atom is 0.230 e. The fourth-order valence-electron chi connectivity index (χ4n) is 2.33. The van der Waals surface area contributed by atoms with E-state index in [0.717, 1.165) is 24.4 Å². The number of ether oxygens (including phenoxy) is 1. The lowest BCUT2D eigenvalue weighted by molar-refractivity contribution is 0.415. The molecule has 2 N–H and O–H groups in total. The maximum atomic E-state index is 5.81. The van der Waals surface area contributed by atoms with Crippen LogP contribution in [-0.2, 0) is 0 Å². The molecule has 0 amide bonds. The van der Waals surface area contributed by atoms with E-state index in [1.807, 2.05) is 24.3 Å². The molecule has 1 aromatic carbocycles. The summed E-state index contributed by atoms with van der Waals surface area (Å²) in [6, 6.07) is 7.62. The van der Waals surface area contributed by atoms with Crippen molar-refractivity contribution < 1.29 is 4.74 Å². The van der Waals surface area contributed by atoms with E-state index in [9.17, 15) is 0 Å². The van der Waals surface area contributed by atoms with Gasteiger partial charge < -0.3 is 15.4 Å². The Balaban J connectivity index is 1.99. The molecule has 0 radical (unpaired) electrons. The number of methoxy groups -OCH3 is 1. The fraction of sp³-hybridized carbons (Fsp3) is 0.357. The summed E-state index contributed by atoms with van der Waals surface area (Å²) in [4.78, 5) is 15.1. The molecular formula is C14H17N5O. The number of rotatable bonds is 3. The predicted octanol–water partition coefficient (Wildman–Crippen LogP) is 1.73. The molecule has 0 saturated carbocycles. The van der Waals surface area contributed by atoms with E-state index in [1.165, 1.54) is 12.8 Å². The molecule has 2 aromatic rings. The van der Waals surface area contributed by atoms with Gasteiger partial charge in [0.25, 0.3) is 0 Å². The number of hydrogen-bond acceptors (Lipinski definition) is 6. The van der Waals surface area contributed by atoms with Crippen molar-refractivity contribution in [2.24, 2.45) is 0 Å². The summed E-state index contributed by atoms with van der Waals surface area (Å²) in [5.74, 6) is 2.26. The zero-order valence-electron chi connectivity index (χ0n) is 11.4. The number of nitrogens with two attached hydrogens (primary N) is 1. The second kappa shape index (κ2) is 5.32. The average molecular weight is 271 g/mol. The summed E-state index contributed by atoms with van der Waals surface area (Å²) in [6.07, 6.45) is 2.33. The van der Waals surface area contributed by atoms with Gasteiger partial charge in [0.1, 0.15) is 5.75 Å². The van der Waals surface area contributed by atoms with Gasteiger partial charge >= 0.3 is 0 Å². The van der Waals surface area contributed by atoms with Crippen LogP contribution in [0.2, 0.25) is 0 Å². The van der Waals surface area contributed by atoms with Crippen LogP contribution >= 0.6 is 0 Å². The predicted molar refractivity (Wildman–Crippen MR) is 77.7 cm³/mol. The highest BCUT2D eigenvalue weighted by molar-refractivity contribution is 5.60. The number of aromatic nitrogens is 3. The van der Waals surface area contributed by atoms with E-state index in [2.05, 4.69) is 19.9 Å². The third-order valence-corrected chi connectivity index (χ3v) is 3.36. The molecule has 2 heterocycles.